The number of hydrogen-bond donors (Lipinski definition) is 1. The van der Waals surface area contributed by atoms with Gasteiger partial charge in [0.15, 0.2) is 5.82 Å². The van der Waals surface area contributed by atoms with E-state index in [-0.39, 0.29) is 23.7 Å². The van der Waals surface area contributed by atoms with Gasteiger partial charge in [-0.2, -0.15) is 0 Å². The predicted octanol–water partition coefficient (Wildman–Crippen LogP) is 2.15. The zero-order chi connectivity index (χ0) is 21.1. The number of hydrogen-bond acceptors (Lipinski definition) is 6. The van der Waals surface area contributed by atoms with Crippen molar-refractivity contribution in [2.24, 2.45) is 5.92 Å². The Morgan fingerprint density at radius 3 is 2.73 bits per heavy atom. The highest BCUT2D eigenvalue weighted by molar-refractivity contribution is 5.89. The number of nitrogens with zero attached hydrogens (tertiary/aromatic N) is 5. The molecule has 2 aromatic heterocycles. The molecule has 8 nitrogen and oxygen atoms in total. The van der Waals surface area contributed by atoms with E-state index in [2.05, 4.69) is 15.3 Å². The van der Waals surface area contributed by atoms with Crippen LogP contribution in [0.1, 0.15) is 37.8 Å². The molecule has 1 N–H and O–H groups in total. The van der Waals surface area contributed by atoms with Crippen LogP contribution in [0, 0.1) is 5.92 Å². The summed E-state index contributed by atoms with van der Waals surface area (Å²) >= 11 is 0. The van der Waals surface area contributed by atoms with Crippen LogP contribution in [0.2, 0.25) is 0 Å². The van der Waals surface area contributed by atoms with E-state index in [9.17, 15) is 9.59 Å². The van der Waals surface area contributed by atoms with Crippen molar-refractivity contribution >= 4 is 17.6 Å². The highest BCUT2D eigenvalue weighted by atomic mass is 16.2. The number of carbonyl (C=O) groups excluding carboxylic acids is 2. The fraction of sp³-hybridized carbons (Fsp3) is 0.500. The first-order chi connectivity index (χ1) is 14.6. The van der Waals surface area contributed by atoms with Crippen LogP contribution in [-0.4, -0.2) is 69.8 Å². The quantitative estimate of drug-likeness (QED) is 0.815. The summed E-state index contributed by atoms with van der Waals surface area (Å²) in [6, 6.07) is 5.76. The van der Waals surface area contributed by atoms with Gasteiger partial charge >= 0.3 is 0 Å². The third-order valence-corrected chi connectivity index (χ3v) is 6.04. The van der Waals surface area contributed by atoms with E-state index in [1.807, 2.05) is 37.1 Å². The number of aromatic nitrogens is 3. The van der Waals surface area contributed by atoms with Gasteiger partial charge in [0.05, 0.1) is 11.6 Å². The molecule has 0 radical (unpaired) electrons. The van der Waals surface area contributed by atoms with Crippen LogP contribution in [0.3, 0.4) is 0 Å². The molecule has 158 valence electrons. The lowest BCUT2D eigenvalue weighted by atomic mass is 9.93. The minimum Gasteiger partial charge on any atom is -0.373 e. The van der Waals surface area contributed by atoms with Gasteiger partial charge in [0.1, 0.15) is 5.82 Å². The van der Waals surface area contributed by atoms with Crippen molar-refractivity contribution in [3.63, 3.8) is 0 Å². The van der Waals surface area contributed by atoms with E-state index in [0.29, 0.717) is 31.9 Å². The first kappa shape index (κ1) is 20.3. The van der Waals surface area contributed by atoms with Gasteiger partial charge in [-0.15, -0.1) is 0 Å². The minimum atomic E-state index is -0.221. The summed E-state index contributed by atoms with van der Waals surface area (Å²) in [5.41, 5.74) is 1.85. The second-order valence-electron chi connectivity index (χ2n) is 7.94. The molecule has 2 aromatic rings. The number of amides is 2. The number of nitrogens with one attached hydrogen (secondary N) is 1. The summed E-state index contributed by atoms with van der Waals surface area (Å²) in [4.78, 5) is 42.3. The Morgan fingerprint density at radius 1 is 1.23 bits per heavy atom. The zero-order valence-electron chi connectivity index (χ0n) is 17.5. The van der Waals surface area contributed by atoms with Crippen LogP contribution in [0.4, 0.5) is 5.82 Å². The van der Waals surface area contributed by atoms with Crippen molar-refractivity contribution in [3.8, 4) is 11.4 Å². The number of likely N-dealkylation sites (tertiary alicyclic amines) is 2. The molecule has 0 spiro atoms. The van der Waals surface area contributed by atoms with Gasteiger partial charge < -0.3 is 15.1 Å². The number of piperidine rings is 1. The third-order valence-electron chi connectivity index (χ3n) is 6.04. The number of rotatable bonds is 5. The van der Waals surface area contributed by atoms with Crippen molar-refractivity contribution in [1.82, 2.24) is 24.8 Å². The van der Waals surface area contributed by atoms with E-state index < -0.39 is 0 Å². The molecule has 4 heterocycles. The molecule has 30 heavy (non-hydrogen) atoms. The van der Waals surface area contributed by atoms with E-state index in [0.717, 1.165) is 36.5 Å². The average molecular weight is 409 g/mol. The summed E-state index contributed by atoms with van der Waals surface area (Å²) in [6.07, 6.45) is 5.70. The van der Waals surface area contributed by atoms with Crippen LogP contribution in [0.5, 0.6) is 0 Å². The lowest BCUT2D eigenvalue weighted by Crippen LogP contribution is -2.43. The minimum absolute atomic E-state index is 0.0841. The van der Waals surface area contributed by atoms with Crippen LogP contribution in [0.15, 0.2) is 30.6 Å². The highest BCUT2D eigenvalue weighted by Gasteiger charge is 2.37. The molecule has 2 aliphatic rings. The average Bonchev–Trinajstić information content (AvgIpc) is 3.19. The maximum Gasteiger partial charge on any atom is 0.228 e. The maximum absolute atomic E-state index is 13.1. The predicted molar refractivity (Wildman–Crippen MR) is 114 cm³/mol. The Balaban J connectivity index is 1.53. The Hall–Kier alpha value is -3.03. The zero-order valence-corrected chi connectivity index (χ0v) is 17.5. The third kappa shape index (κ3) is 4.13. The Morgan fingerprint density at radius 2 is 2.03 bits per heavy atom. The van der Waals surface area contributed by atoms with Gasteiger partial charge in [0.2, 0.25) is 11.8 Å². The standard InChI is InChI=1S/C22H28N6O2/c1-3-27-14-17(11-20(27)29)22(30)28-10-4-5-16(13-28)18-12-19(23-2)26-21(25-18)15-6-8-24-9-7-15/h6-9,12,16-17H,3-5,10-11,13-14H2,1-2H3,(H,23,25,26)/t16-,17-/m1/s1. The van der Waals surface area contributed by atoms with E-state index in [1.165, 1.54) is 0 Å². The fourth-order valence-corrected chi connectivity index (χ4v) is 4.35. The molecule has 0 aromatic carbocycles. The molecule has 2 aliphatic heterocycles. The van der Waals surface area contributed by atoms with Crippen molar-refractivity contribution in [2.45, 2.75) is 32.1 Å². The second-order valence-corrected chi connectivity index (χ2v) is 7.94. The van der Waals surface area contributed by atoms with Crippen LogP contribution >= 0.6 is 0 Å². The Kier molecular flexibility index (Phi) is 5.92. The van der Waals surface area contributed by atoms with Crippen molar-refractivity contribution in [2.75, 3.05) is 38.5 Å². The first-order valence-corrected chi connectivity index (χ1v) is 10.6. The van der Waals surface area contributed by atoms with Gasteiger partial charge in [-0.1, -0.05) is 0 Å². The maximum atomic E-state index is 13.1. The number of carbonyl (C=O) groups is 2. The van der Waals surface area contributed by atoms with E-state index in [4.69, 9.17) is 4.98 Å². The Bertz CT molecular complexity index is 919. The van der Waals surface area contributed by atoms with Crippen LogP contribution < -0.4 is 5.32 Å². The van der Waals surface area contributed by atoms with Gasteiger partial charge in [0.25, 0.3) is 0 Å². The van der Waals surface area contributed by atoms with Gasteiger partial charge in [-0.05, 0) is 31.9 Å². The van der Waals surface area contributed by atoms with Crippen molar-refractivity contribution < 1.29 is 9.59 Å². The lowest BCUT2D eigenvalue weighted by Gasteiger charge is -2.34. The van der Waals surface area contributed by atoms with Gasteiger partial charge in [-0.3, -0.25) is 14.6 Å². The summed E-state index contributed by atoms with van der Waals surface area (Å²) in [5.74, 6) is 1.53. The van der Waals surface area contributed by atoms with E-state index >= 15 is 0 Å². The number of pyridine rings is 1. The normalized spacial score (nSPS) is 21.7. The molecule has 0 unspecified atom stereocenters. The summed E-state index contributed by atoms with van der Waals surface area (Å²) in [7, 11) is 1.84. The number of anilines is 1. The van der Waals surface area contributed by atoms with Crippen LogP contribution in [0.25, 0.3) is 11.4 Å². The SMILES string of the molecule is CCN1C[C@H](C(=O)N2CCC[C@@H](c3cc(NC)nc(-c4ccncc4)n3)C2)CC1=O. The van der Waals surface area contributed by atoms with E-state index in [1.54, 1.807) is 17.3 Å². The van der Waals surface area contributed by atoms with Gasteiger partial charge in [-0.25, -0.2) is 9.97 Å². The molecular formula is C22H28N6O2. The molecule has 0 aliphatic carbocycles. The highest BCUT2D eigenvalue weighted by Crippen LogP contribution is 2.30. The molecule has 2 fully saturated rings. The first-order valence-electron chi connectivity index (χ1n) is 10.6. The summed E-state index contributed by atoms with van der Waals surface area (Å²) < 4.78 is 0. The smallest absolute Gasteiger partial charge is 0.228 e. The fourth-order valence-electron chi connectivity index (χ4n) is 4.35. The molecule has 2 amide bonds. The largest absolute Gasteiger partial charge is 0.373 e. The lowest BCUT2D eigenvalue weighted by molar-refractivity contribution is -0.137. The molecule has 0 saturated carbocycles. The summed E-state index contributed by atoms with van der Waals surface area (Å²) in [5, 5.41) is 3.12. The second kappa shape index (κ2) is 8.77. The molecule has 4 rings (SSSR count). The molecule has 8 heteroatoms. The Labute approximate surface area is 176 Å². The topological polar surface area (TPSA) is 91.3 Å². The van der Waals surface area contributed by atoms with Gasteiger partial charge in [0, 0.05) is 69.6 Å². The molecular weight excluding hydrogens is 380 g/mol. The van der Waals surface area contributed by atoms with Crippen LogP contribution in [-0.2, 0) is 9.59 Å². The molecule has 0 bridgehead atoms. The molecule has 2 atom stereocenters. The monoisotopic (exact) mass is 408 g/mol. The van der Waals surface area contributed by atoms with Crippen molar-refractivity contribution in [1.29, 1.82) is 0 Å². The molecule has 2 saturated heterocycles. The van der Waals surface area contributed by atoms with Crippen molar-refractivity contribution in [3.05, 3.63) is 36.3 Å². The summed E-state index contributed by atoms with van der Waals surface area (Å²) in [6.45, 7) is 4.53.